The Morgan fingerprint density at radius 3 is 2.30 bits per heavy atom. The Labute approximate surface area is 160 Å². The third-order valence-corrected chi connectivity index (χ3v) is 6.37. The Morgan fingerprint density at radius 1 is 0.926 bits per heavy atom. The molecule has 27 heavy (non-hydrogen) atoms. The van der Waals surface area contributed by atoms with Crippen molar-refractivity contribution in [3.05, 3.63) is 72.3 Å². The lowest BCUT2D eigenvalue weighted by Gasteiger charge is -2.23. The lowest BCUT2D eigenvalue weighted by Crippen LogP contribution is -2.32. The molecular formula is C22H23NO3S. The molecule has 0 fully saturated rings. The quantitative estimate of drug-likeness (QED) is 0.637. The lowest BCUT2D eigenvalue weighted by atomic mass is 10.1. The van der Waals surface area contributed by atoms with Crippen LogP contribution in [0.2, 0.25) is 0 Å². The first-order valence-electron chi connectivity index (χ1n) is 9.00. The molecule has 4 nitrogen and oxygen atoms in total. The summed E-state index contributed by atoms with van der Waals surface area (Å²) in [6.45, 7) is 4.29. The first-order chi connectivity index (χ1) is 12.9. The van der Waals surface area contributed by atoms with Gasteiger partial charge in [0.05, 0.1) is 16.3 Å². The number of nitrogens with zero attached hydrogens (tertiary/aromatic N) is 1. The van der Waals surface area contributed by atoms with Crippen molar-refractivity contribution in [3.8, 4) is 0 Å². The smallest absolute Gasteiger partial charge is 0.228 e. The summed E-state index contributed by atoms with van der Waals surface area (Å²) in [5.41, 5.74) is 1.81. The number of anilines is 1. The van der Waals surface area contributed by atoms with Crippen LogP contribution in [0.15, 0.2) is 71.6 Å². The highest BCUT2D eigenvalue weighted by atomic mass is 32.2. The van der Waals surface area contributed by atoms with Crippen molar-refractivity contribution in [2.45, 2.75) is 25.2 Å². The number of amides is 1. The normalized spacial score (nSPS) is 11.5. The molecule has 3 aromatic carbocycles. The van der Waals surface area contributed by atoms with E-state index in [4.69, 9.17) is 0 Å². The molecule has 0 radical (unpaired) electrons. The molecule has 5 heteroatoms. The molecule has 0 saturated carbocycles. The van der Waals surface area contributed by atoms with Gasteiger partial charge in [-0.3, -0.25) is 4.79 Å². The standard InChI is InChI=1S/C22H23NO3S/c1-3-23(21-10-6-8-18-7-4-5-9-20(18)21)22(24)15-16-27(25,26)19-13-11-17(2)12-14-19/h4-14H,3,15-16H2,1-2H3. The summed E-state index contributed by atoms with van der Waals surface area (Å²) in [6.07, 6.45) is -0.0483. The molecule has 0 N–H and O–H groups in total. The number of rotatable bonds is 6. The van der Waals surface area contributed by atoms with Gasteiger partial charge in [0, 0.05) is 18.4 Å². The van der Waals surface area contributed by atoms with Gasteiger partial charge in [0.2, 0.25) is 5.91 Å². The molecule has 0 spiro atoms. The third kappa shape index (κ3) is 4.19. The summed E-state index contributed by atoms with van der Waals surface area (Å²) in [7, 11) is -3.49. The van der Waals surface area contributed by atoms with Crippen LogP contribution in [0.25, 0.3) is 10.8 Å². The molecule has 0 aliphatic carbocycles. The van der Waals surface area contributed by atoms with Gasteiger partial charge in [0.1, 0.15) is 0 Å². The molecule has 0 heterocycles. The van der Waals surface area contributed by atoms with Gasteiger partial charge in [-0.15, -0.1) is 0 Å². The Bertz CT molecular complexity index is 1050. The highest BCUT2D eigenvalue weighted by Gasteiger charge is 2.21. The molecule has 0 saturated heterocycles. The number of hydrogen-bond acceptors (Lipinski definition) is 3. The van der Waals surface area contributed by atoms with Crippen molar-refractivity contribution >= 4 is 32.2 Å². The molecule has 0 bridgehead atoms. The molecule has 0 aromatic heterocycles. The monoisotopic (exact) mass is 381 g/mol. The number of aryl methyl sites for hydroxylation is 1. The van der Waals surface area contributed by atoms with Gasteiger partial charge in [0.25, 0.3) is 0 Å². The minimum atomic E-state index is -3.49. The van der Waals surface area contributed by atoms with Crippen molar-refractivity contribution in [1.29, 1.82) is 0 Å². The van der Waals surface area contributed by atoms with Crippen LogP contribution in [-0.2, 0) is 14.6 Å². The van der Waals surface area contributed by atoms with Crippen LogP contribution in [-0.4, -0.2) is 26.6 Å². The summed E-state index contributed by atoms with van der Waals surface area (Å²) in [4.78, 5) is 14.7. The highest BCUT2D eigenvalue weighted by Crippen LogP contribution is 2.27. The van der Waals surface area contributed by atoms with Crippen molar-refractivity contribution in [2.75, 3.05) is 17.2 Å². The van der Waals surface area contributed by atoms with E-state index in [0.29, 0.717) is 6.54 Å². The molecule has 3 aromatic rings. The Kier molecular flexibility index (Phi) is 5.61. The number of carbonyl (C=O) groups is 1. The molecule has 0 atom stereocenters. The number of benzene rings is 3. The summed E-state index contributed by atoms with van der Waals surface area (Å²) < 4.78 is 25.1. The van der Waals surface area contributed by atoms with Gasteiger partial charge >= 0.3 is 0 Å². The van der Waals surface area contributed by atoms with E-state index < -0.39 is 9.84 Å². The van der Waals surface area contributed by atoms with Gasteiger partial charge in [-0.1, -0.05) is 54.1 Å². The van der Waals surface area contributed by atoms with E-state index in [-0.39, 0.29) is 23.0 Å². The van der Waals surface area contributed by atoms with Crippen LogP contribution in [0.5, 0.6) is 0 Å². The predicted octanol–water partition coefficient (Wildman–Crippen LogP) is 4.37. The predicted molar refractivity (Wildman–Crippen MR) is 110 cm³/mol. The topological polar surface area (TPSA) is 54.5 Å². The zero-order valence-electron chi connectivity index (χ0n) is 15.6. The van der Waals surface area contributed by atoms with Crippen molar-refractivity contribution in [2.24, 2.45) is 0 Å². The maximum Gasteiger partial charge on any atom is 0.228 e. The second-order valence-electron chi connectivity index (χ2n) is 6.52. The third-order valence-electron chi connectivity index (χ3n) is 4.64. The van der Waals surface area contributed by atoms with E-state index in [9.17, 15) is 13.2 Å². The number of fused-ring (bicyclic) bond motifs is 1. The molecule has 1 amide bonds. The summed E-state index contributed by atoms with van der Waals surface area (Å²) in [5, 5.41) is 2.03. The fraction of sp³-hybridized carbons (Fsp3) is 0.227. The summed E-state index contributed by atoms with van der Waals surface area (Å²) in [5.74, 6) is -0.388. The SMILES string of the molecule is CCN(C(=O)CCS(=O)(=O)c1ccc(C)cc1)c1cccc2ccccc12. The van der Waals surface area contributed by atoms with Crippen LogP contribution in [0.1, 0.15) is 18.9 Å². The molecule has 3 rings (SSSR count). The van der Waals surface area contributed by atoms with Crippen LogP contribution >= 0.6 is 0 Å². The molecular weight excluding hydrogens is 358 g/mol. The van der Waals surface area contributed by atoms with Gasteiger partial charge in [-0.2, -0.15) is 0 Å². The molecule has 0 aliphatic heterocycles. The van der Waals surface area contributed by atoms with Gasteiger partial charge in [0.15, 0.2) is 9.84 Å². The number of sulfone groups is 1. The van der Waals surface area contributed by atoms with Gasteiger partial charge in [-0.05, 0) is 37.4 Å². The van der Waals surface area contributed by atoms with Gasteiger partial charge in [-0.25, -0.2) is 8.42 Å². The first kappa shape index (κ1) is 19.1. The van der Waals surface area contributed by atoms with E-state index in [0.717, 1.165) is 22.0 Å². The van der Waals surface area contributed by atoms with Gasteiger partial charge < -0.3 is 4.90 Å². The maximum absolute atomic E-state index is 12.8. The lowest BCUT2D eigenvalue weighted by molar-refractivity contribution is -0.118. The number of carbonyl (C=O) groups excluding carboxylic acids is 1. The second kappa shape index (κ2) is 7.92. The van der Waals surface area contributed by atoms with Crippen LogP contribution in [0, 0.1) is 6.92 Å². The minimum absolute atomic E-state index is 0.0483. The molecule has 0 unspecified atom stereocenters. The Morgan fingerprint density at radius 2 is 1.59 bits per heavy atom. The fourth-order valence-electron chi connectivity index (χ4n) is 3.14. The fourth-order valence-corrected chi connectivity index (χ4v) is 4.37. The zero-order valence-corrected chi connectivity index (χ0v) is 16.4. The van der Waals surface area contributed by atoms with Crippen molar-refractivity contribution < 1.29 is 13.2 Å². The molecule has 0 aliphatic rings. The van der Waals surface area contributed by atoms with E-state index in [1.807, 2.05) is 56.3 Å². The second-order valence-corrected chi connectivity index (χ2v) is 8.63. The Hall–Kier alpha value is -2.66. The van der Waals surface area contributed by atoms with E-state index >= 15 is 0 Å². The average molecular weight is 381 g/mol. The zero-order chi connectivity index (χ0) is 19.4. The van der Waals surface area contributed by atoms with Crippen molar-refractivity contribution in [1.82, 2.24) is 0 Å². The summed E-state index contributed by atoms with van der Waals surface area (Å²) in [6, 6.07) is 20.4. The average Bonchev–Trinajstić information content (AvgIpc) is 2.67. The maximum atomic E-state index is 12.8. The summed E-state index contributed by atoms with van der Waals surface area (Å²) >= 11 is 0. The van der Waals surface area contributed by atoms with Crippen LogP contribution in [0.3, 0.4) is 0 Å². The van der Waals surface area contributed by atoms with Crippen LogP contribution in [0.4, 0.5) is 5.69 Å². The molecule has 140 valence electrons. The Balaban J connectivity index is 1.80. The van der Waals surface area contributed by atoms with Crippen molar-refractivity contribution in [3.63, 3.8) is 0 Å². The largest absolute Gasteiger partial charge is 0.312 e. The number of hydrogen-bond donors (Lipinski definition) is 0. The van der Waals surface area contributed by atoms with Crippen LogP contribution < -0.4 is 4.90 Å². The van der Waals surface area contributed by atoms with E-state index in [2.05, 4.69) is 0 Å². The van der Waals surface area contributed by atoms with E-state index in [1.54, 1.807) is 29.2 Å². The van der Waals surface area contributed by atoms with E-state index in [1.165, 1.54) is 0 Å². The highest BCUT2D eigenvalue weighted by molar-refractivity contribution is 7.91. The first-order valence-corrected chi connectivity index (χ1v) is 10.6. The minimum Gasteiger partial charge on any atom is -0.312 e.